The van der Waals surface area contributed by atoms with Gasteiger partial charge in [-0.1, -0.05) is 30.8 Å². The van der Waals surface area contributed by atoms with Crippen molar-refractivity contribution >= 4 is 39.8 Å². The third kappa shape index (κ3) is 8.23. The molecule has 0 radical (unpaired) electrons. The number of anilines is 3. The molecule has 2 aliphatic rings. The standard InChI is InChI=1S/C44H42F5N7O3/c1-26-55(31-11-10-29(24-50)35(22-31)44(47,48)49)42(58)43(2,3)56(26)32-12-13-37(36(46)23-32)52-16-5-19-59-18-4-15-51-25-27-6-8-28(9-7-27)40-33-14-17-53-41(57)34-20-30(45)21-38(54-40)39(33)34/h6-13,20-23,51-52,54H,1,4-5,14-19,25H2,2-3H3,(H,53,57). The van der Waals surface area contributed by atoms with E-state index in [1.807, 2.05) is 24.3 Å². The average Bonchev–Trinajstić information content (AvgIpc) is 3.57. The van der Waals surface area contributed by atoms with E-state index in [-0.39, 0.29) is 28.8 Å². The molecule has 7 rings (SSSR count). The predicted molar refractivity (Wildman–Crippen MR) is 216 cm³/mol. The number of aromatic nitrogens is 1. The molecule has 0 atom stereocenters. The summed E-state index contributed by atoms with van der Waals surface area (Å²) < 4.78 is 76.4. The van der Waals surface area contributed by atoms with Crippen molar-refractivity contribution in [3.63, 3.8) is 0 Å². The molecule has 2 amide bonds. The van der Waals surface area contributed by atoms with Gasteiger partial charge in [0.15, 0.2) is 0 Å². The SMILES string of the molecule is C=C1N(c2ccc(C#N)c(C(F)(F)F)c2)C(=O)C(C)(C)N1c1ccc(NCCCOCCCNCc2ccc(-c3[nH]c4cc(F)cc5c4c3CCNC5=O)cc2)c(F)c1. The van der Waals surface area contributed by atoms with Gasteiger partial charge in [0, 0.05) is 55.1 Å². The summed E-state index contributed by atoms with van der Waals surface area (Å²) in [6.45, 7) is 10.4. The molecule has 59 heavy (non-hydrogen) atoms. The number of nitrogens with zero attached hydrogens (tertiary/aromatic N) is 3. The molecule has 3 heterocycles. The Kier molecular flexibility index (Phi) is 11.5. The summed E-state index contributed by atoms with van der Waals surface area (Å²) in [6.07, 6.45) is -2.77. The maximum absolute atomic E-state index is 15.3. The average molecular weight is 812 g/mol. The molecule has 2 aliphatic heterocycles. The minimum atomic E-state index is -4.81. The number of nitriles is 1. The molecule has 1 fully saturated rings. The van der Waals surface area contributed by atoms with Crippen molar-refractivity contribution in [3.05, 3.63) is 125 Å². The van der Waals surface area contributed by atoms with E-state index in [1.54, 1.807) is 19.9 Å². The van der Waals surface area contributed by atoms with Crippen LogP contribution in [0.5, 0.6) is 0 Å². The predicted octanol–water partition coefficient (Wildman–Crippen LogP) is 8.39. The van der Waals surface area contributed by atoms with Gasteiger partial charge in [-0.15, -0.1) is 0 Å². The highest BCUT2D eigenvalue weighted by Crippen LogP contribution is 2.43. The second-order valence-corrected chi connectivity index (χ2v) is 14.9. The van der Waals surface area contributed by atoms with Crippen LogP contribution in [0.3, 0.4) is 0 Å². The van der Waals surface area contributed by atoms with Gasteiger partial charge in [0.1, 0.15) is 23.0 Å². The van der Waals surface area contributed by atoms with Gasteiger partial charge in [-0.3, -0.25) is 14.5 Å². The van der Waals surface area contributed by atoms with Crippen LogP contribution < -0.4 is 25.8 Å². The van der Waals surface area contributed by atoms with Gasteiger partial charge < -0.3 is 30.6 Å². The Balaban J connectivity index is 0.838. The minimum absolute atomic E-state index is 0.0405. The van der Waals surface area contributed by atoms with E-state index in [0.29, 0.717) is 56.8 Å². The molecule has 5 aromatic rings. The van der Waals surface area contributed by atoms with E-state index in [2.05, 4.69) is 27.5 Å². The summed E-state index contributed by atoms with van der Waals surface area (Å²) in [5.41, 5.74) is 2.27. The summed E-state index contributed by atoms with van der Waals surface area (Å²) in [5, 5.41) is 19.3. The first-order valence-corrected chi connectivity index (χ1v) is 19.2. The van der Waals surface area contributed by atoms with Crippen molar-refractivity contribution in [1.29, 1.82) is 5.26 Å². The largest absolute Gasteiger partial charge is 0.417 e. The molecule has 306 valence electrons. The van der Waals surface area contributed by atoms with Crippen LogP contribution in [-0.4, -0.2) is 55.2 Å². The van der Waals surface area contributed by atoms with E-state index < -0.39 is 40.4 Å². The van der Waals surface area contributed by atoms with Gasteiger partial charge in [-0.05, 0) is 105 Å². The van der Waals surface area contributed by atoms with Crippen LogP contribution >= 0.6 is 0 Å². The van der Waals surface area contributed by atoms with Crippen LogP contribution in [0.1, 0.15) is 59.3 Å². The summed E-state index contributed by atoms with van der Waals surface area (Å²) in [4.78, 5) is 31.9. The molecule has 1 saturated heterocycles. The number of aromatic amines is 1. The van der Waals surface area contributed by atoms with Crippen molar-refractivity contribution in [1.82, 2.24) is 15.6 Å². The van der Waals surface area contributed by atoms with Gasteiger partial charge in [-0.2, -0.15) is 18.4 Å². The Morgan fingerprint density at radius 1 is 0.949 bits per heavy atom. The summed E-state index contributed by atoms with van der Waals surface area (Å²) >= 11 is 0. The molecule has 1 aromatic heterocycles. The number of H-pyrrole nitrogens is 1. The van der Waals surface area contributed by atoms with Gasteiger partial charge in [0.25, 0.3) is 11.8 Å². The first-order chi connectivity index (χ1) is 28.2. The number of hydrogen-bond acceptors (Lipinski definition) is 7. The van der Waals surface area contributed by atoms with Crippen LogP contribution in [0.15, 0.2) is 85.2 Å². The number of amides is 2. The second-order valence-electron chi connectivity index (χ2n) is 14.9. The number of benzene rings is 4. The van der Waals surface area contributed by atoms with Crippen molar-refractivity contribution < 1.29 is 36.3 Å². The summed E-state index contributed by atoms with van der Waals surface area (Å²) in [5.74, 6) is -1.84. The molecule has 15 heteroatoms. The van der Waals surface area contributed by atoms with E-state index in [4.69, 9.17) is 4.74 Å². The maximum atomic E-state index is 15.3. The lowest BCUT2D eigenvalue weighted by atomic mass is 9.99. The lowest BCUT2D eigenvalue weighted by Crippen LogP contribution is -2.43. The molecular weight excluding hydrogens is 770 g/mol. The number of nitrogens with one attached hydrogen (secondary N) is 4. The monoisotopic (exact) mass is 811 g/mol. The lowest BCUT2D eigenvalue weighted by molar-refractivity contribution is -0.137. The fourth-order valence-electron chi connectivity index (χ4n) is 7.69. The third-order valence-corrected chi connectivity index (χ3v) is 10.6. The topological polar surface area (TPSA) is 126 Å². The first kappa shape index (κ1) is 40.9. The Hall–Kier alpha value is -6.24. The molecule has 0 bridgehead atoms. The fourth-order valence-corrected chi connectivity index (χ4v) is 7.69. The molecular formula is C44H42F5N7O3. The third-order valence-electron chi connectivity index (χ3n) is 10.6. The zero-order chi connectivity index (χ0) is 42.1. The van der Waals surface area contributed by atoms with Crippen molar-refractivity contribution in [2.24, 2.45) is 0 Å². The van der Waals surface area contributed by atoms with Crippen LogP contribution in [0.4, 0.5) is 39.0 Å². The quantitative estimate of drug-likeness (QED) is 0.0656. The first-order valence-electron chi connectivity index (χ1n) is 19.2. The van der Waals surface area contributed by atoms with Gasteiger partial charge in [-0.25, -0.2) is 8.78 Å². The summed E-state index contributed by atoms with van der Waals surface area (Å²) in [7, 11) is 0. The molecule has 0 saturated carbocycles. The van der Waals surface area contributed by atoms with Crippen LogP contribution in [-0.2, 0) is 28.7 Å². The van der Waals surface area contributed by atoms with E-state index in [1.165, 1.54) is 41.3 Å². The number of alkyl halides is 3. The zero-order valence-corrected chi connectivity index (χ0v) is 32.5. The Morgan fingerprint density at radius 2 is 1.68 bits per heavy atom. The molecule has 0 unspecified atom stereocenters. The van der Waals surface area contributed by atoms with Crippen molar-refractivity contribution in [2.75, 3.05) is 48.0 Å². The van der Waals surface area contributed by atoms with Crippen LogP contribution in [0, 0.1) is 23.0 Å². The normalized spacial score (nSPS) is 15.1. The number of ether oxygens (including phenoxy) is 1. The number of carbonyl (C=O) groups is 2. The van der Waals surface area contributed by atoms with E-state index in [0.717, 1.165) is 57.8 Å². The van der Waals surface area contributed by atoms with Gasteiger partial charge in [0.05, 0.1) is 34.1 Å². The number of rotatable bonds is 14. The Morgan fingerprint density at radius 3 is 2.39 bits per heavy atom. The summed E-state index contributed by atoms with van der Waals surface area (Å²) in [6, 6.07) is 19.7. The van der Waals surface area contributed by atoms with Crippen molar-refractivity contribution in [2.45, 2.75) is 51.4 Å². The molecule has 10 nitrogen and oxygen atoms in total. The van der Waals surface area contributed by atoms with Crippen LogP contribution in [0.2, 0.25) is 0 Å². The van der Waals surface area contributed by atoms with Gasteiger partial charge >= 0.3 is 6.18 Å². The highest BCUT2D eigenvalue weighted by molar-refractivity contribution is 6.11. The minimum Gasteiger partial charge on any atom is -0.383 e. The number of halogens is 5. The molecule has 0 aliphatic carbocycles. The molecule has 0 spiro atoms. The molecule has 4 aromatic carbocycles. The van der Waals surface area contributed by atoms with Crippen molar-refractivity contribution in [3.8, 4) is 17.3 Å². The smallest absolute Gasteiger partial charge is 0.383 e. The second kappa shape index (κ2) is 16.6. The lowest BCUT2D eigenvalue weighted by Gasteiger charge is -2.30. The highest BCUT2D eigenvalue weighted by Gasteiger charge is 2.49. The Bertz CT molecular complexity index is 2470. The Labute approximate surface area is 337 Å². The number of carbonyl (C=O) groups excluding carboxylic acids is 2. The number of hydrogen-bond donors (Lipinski definition) is 4. The van der Waals surface area contributed by atoms with E-state index in [9.17, 15) is 32.4 Å². The highest BCUT2D eigenvalue weighted by atomic mass is 19.4. The van der Waals surface area contributed by atoms with E-state index >= 15 is 4.39 Å². The maximum Gasteiger partial charge on any atom is 0.417 e. The van der Waals surface area contributed by atoms with Gasteiger partial charge in [0.2, 0.25) is 0 Å². The molecule has 4 N–H and O–H groups in total. The van der Waals surface area contributed by atoms with Crippen LogP contribution in [0.25, 0.3) is 22.2 Å². The zero-order valence-electron chi connectivity index (χ0n) is 32.5. The fraction of sp³-hybridized carbons (Fsp3) is 0.295.